The monoisotopic (exact) mass is 283 g/mol. The van der Waals surface area contributed by atoms with Crippen molar-refractivity contribution in [3.63, 3.8) is 0 Å². The molecule has 1 atom stereocenters. The highest BCUT2D eigenvalue weighted by atomic mass is 15.3. The number of nitrogen functional groups attached to an aromatic ring is 1. The number of hydrogen-bond acceptors (Lipinski definition) is 6. The summed E-state index contributed by atoms with van der Waals surface area (Å²) in [6.07, 6.45) is 1.69. The Kier molecular flexibility index (Phi) is 3.41. The summed E-state index contributed by atoms with van der Waals surface area (Å²) in [7, 11) is 0. The zero-order valence-electron chi connectivity index (χ0n) is 11.9. The largest absolute Gasteiger partial charge is 0.363 e. The summed E-state index contributed by atoms with van der Waals surface area (Å²) >= 11 is 0. The Balaban J connectivity index is 1.93. The van der Waals surface area contributed by atoms with Crippen molar-refractivity contribution in [1.82, 2.24) is 20.2 Å². The number of nitrogens with two attached hydrogens (primary N) is 1. The lowest BCUT2D eigenvalue weighted by Crippen LogP contribution is -2.13. The molecule has 1 aromatic carbocycles. The molecule has 0 saturated heterocycles. The van der Waals surface area contributed by atoms with Gasteiger partial charge in [0.05, 0.1) is 11.6 Å². The minimum atomic E-state index is 0.101. The predicted molar refractivity (Wildman–Crippen MR) is 82.7 cm³/mol. The van der Waals surface area contributed by atoms with Crippen LogP contribution in [0.15, 0.2) is 30.5 Å². The van der Waals surface area contributed by atoms with E-state index in [2.05, 4.69) is 69.0 Å². The van der Waals surface area contributed by atoms with Crippen molar-refractivity contribution < 1.29 is 0 Å². The molecule has 2 heterocycles. The number of aryl methyl sites for hydroxylation is 1. The number of rotatable bonds is 4. The lowest BCUT2D eigenvalue weighted by Gasteiger charge is -2.16. The Labute approximate surface area is 122 Å². The maximum Gasteiger partial charge on any atom is 0.241 e. The van der Waals surface area contributed by atoms with E-state index in [1.54, 1.807) is 6.20 Å². The molecule has 0 amide bonds. The maximum atomic E-state index is 5.40. The average molecular weight is 283 g/mol. The second-order valence-corrected chi connectivity index (χ2v) is 4.95. The fraction of sp³-hybridized carbons (Fsp3) is 0.214. The Morgan fingerprint density at radius 3 is 2.67 bits per heavy atom. The van der Waals surface area contributed by atoms with E-state index in [-0.39, 0.29) is 6.04 Å². The number of anilines is 2. The van der Waals surface area contributed by atoms with Gasteiger partial charge in [0.2, 0.25) is 5.95 Å². The number of hydrazine groups is 1. The third-order valence-corrected chi connectivity index (χ3v) is 3.37. The SMILES string of the molecule is Cc1ccc(C(C)Nc2nc(NN)nc3[nH]ncc23)cc1. The molecule has 21 heavy (non-hydrogen) atoms. The van der Waals surface area contributed by atoms with E-state index in [9.17, 15) is 0 Å². The van der Waals surface area contributed by atoms with Gasteiger partial charge in [-0.05, 0) is 19.4 Å². The standard InChI is InChI=1S/C14H17N7/c1-8-3-5-10(6-4-8)9(2)17-12-11-7-16-21-13(11)19-14(18-12)20-15/h3-7,9H,15H2,1-2H3,(H3,16,17,18,19,20,21). The Morgan fingerprint density at radius 2 is 1.95 bits per heavy atom. The van der Waals surface area contributed by atoms with Crippen LogP contribution in [0.2, 0.25) is 0 Å². The Bertz CT molecular complexity index is 748. The highest BCUT2D eigenvalue weighted by Gasteiger charge is 2.12. The van der Waals surface area contributed by atoms with Crippen LogP contribution in [0, 0.1) is 6.92 Å². The average Bonchev–Trinajstić information content (AvgIpc) is 2.96. The van der Waals surface area contributed by atoms with E-state index >= 15 is 0 Å². The van der Waals surface area contributed by atoms with E-state index < -0.39 is 0 Å². The lowest BCUT2D eigenvalue weighted by atomic mass is 10.1. The highest BCUT2D eigenvalue weighted by molar-refractivity contribution is 5.87. The molecule has 2 aromatic heterocycles. The molecule has 0 aliphatic carbocycles. The molecule has 0 aliphatic heterocycles. The number of nitrogens with zero attached hydrogens (tertiary/aromatic N) is 3. The fourth-order valence-corrected chi connectivity index (χ4v) is 2.15. The van der Waals surface area contributed by atoms with E-state index in [0.29, 0.717) is 17.4 Å². The first kappa shape index (κ1) is 13.3. The van der Waals surface area contributed by atoms with Crippen molar-refractivity contribution in [1.29, 1.82) is 0 Å². The number of aromatic nitrogens is 4. The first-order valence-corrected chi connectivity index (χ1v) is 6.68. The van der Waals surface area contributed by atoms with Crippen LogP contribution in [-0.4, -0.2) is 20.2 Å². The van der Waals surface area contributed by atoms with E-state index in [1.807, 2.05) is 0 Å². The minimum absolute atomic E-state index is 0.101. The minimum Gasteiger partial charge on any atom is -0.363 e. The molecule has 7 nitrogen and oxygen atoms in total. The van der Waals surface area contributed by atoms with E-state index in [4.69, 9.17) is 5.84 Å². The fourth-order valence-electron chi connectivity index (χ4n) is 2.15. The summed E-state index contributed by atoms with van der Waals surface area (Å²) < 4.78 is 0. The van der Waals surface area contributed by atoms with E-state index in [1.165, 1.54) is 11.1 Å². The van der Waals surface area contributed by atoms with Gasteiger partial charge in [-0.25, -0.2) is 5.84 Å². The van der Waals surface area contributed by atoms with E-state index in [0.717, 1.165) is 5.39 Å². The highest BCUT2D eigenvalue weighted by Crippen LogP contribution is 2.24. The van der Waals surface area contributed by atoms with Crippen molar-refractivity contribution in [3.05, 3.63) is 41.6 Å². The van der Waals surface area contributed by atoms with Crippen LogP contribution < -0.4 is 16.6 Å². The van der Waals surface area contributed by atoms with Crippen LogP contribution in [-0.2, 0) is 0 Å². The third kappa shape index (κ3) is 2.63. The molecule has 0 saturated carbocycles. The molecule has 0 radical (unpaired) electrons. The molecule has 108 valence electrons. The van der Waals surface area contributed by atoms with Gasteiger partial charge in [0, 0.05) is 6.04 Å². The molecule has 0 aliphatic rings. The second kappa shape index (κ2) is 5.37. The molecule has 0 bridgehead atoms. The van der Waals surface area contributed by atoms with Gasteiger partial charge in [-0.15, -0.1) is 0 Å². The van der Waals surface area contributed by atoms with Gasteiger partial charge >= 0.3 is 0 Å². The molecule has 1 unspecified atom stereocenters. The van der Waals surface area contributed by atoms with Gasteiger partial charge in [0.15, 0.2) is 5.65 Å². The van der Waals surface area contributed by atoms with Crippen LogP contribution >= 0.6 is 0 Å². The second-order valence-electron chi connectivity index (χ2n) is 4.95. The first-order valence-electron chi connectivity index (χ1n) is 6.68. The number of H-pyrrole nitrogens is 1. The topological polar surface area (TPSA) is 105 Å². The van der Waals surface area contributed by atoms with Crippen molar-refractivity contribution in [2.24, 2.45) is 5.84 Å². The van der Waals surface area contributed by atoms with Gasteiger partial charge in [0.1, 0.15) is 5.82 Å². The summed E-state index contributed by atoms with van der Waals surface area (Å²) in [5.74, 6) is 6.43. The predicted octanol–water partition coefficient (Wildman–Crippen LogP) is 2.12. The molecule has 5 N–H and O–H groups in total. The number of fused-ring (bicyclic) bond motifs is 1. The number of benzene rings is 1. The van der Waals surface area contributed by atoms with Gasteiger partial charge in [0.25, 0.3) is 0 Å². The van der Waals surface area contributed by atoms with Gasteiger partial charge in [-0.1, -0.05) is 29.8 Å². The van der Waals surface area contributed by atoms with Gasteiger partial charge in [-0.2, -0.15) is 15.1 Å². The number of aromatic amines is 1. The summed E-state index contributed by atoms with van der Waals surface area (Å²) in [6, 6.07) is 8.48. The van der Waals surface area contributed by atoms with Crippen LogP contribution in [0.3, 0.4) is 0 Å². The van der Waals surface area contributed by atoms with Crippen LogP contribution in [0.4, 0.5) is 11.8 Å². The zero-order valence-corrected chi connectivity index (χ0v) is 11.9. The maximum absolute atomic E-state index is 5.40. The smallest absolute Gasteiger partial charge is 0.241 e. The zero-order chi connectivity index (χ0) is 14.8. The Hall–Kier alpha value is -2.67. The third-order valence-electron chi connectivity index (χ3n) is 3.37. The first-order chi connectivity index (χ1) is 10.2. The molecular formula is C14H17N7. The van der Waals surface area contributed by atoms with Crippen molar-refractivity contribution in [2.75, 3.05) is 10.7 Å². The van der Waals surface area contributed by atoms with Crippen molar-refractivity contribution in [2.45, 2.75) is 19.9 Å². The normalized spacial score (nSPS) is 12.3. The Morgan fingerprint density at radius 1 is 1.19 bits per heavy atom. The number of hydrogen-bond donors (Lipinski definition) is 4. The van der Waals surface area contributed by atoms with Crippen LogP contribution in [0.1, 0.15) is 24.1 Å². The molecule has 0 fully saturated rings. The summed E-state index contributed by atoms with van der Waals surface area (Å²) in [4.78, 5) is 8.56. The number of nitrogens with one attached hydrogen (secondary N) is 3. The lowest BCUT2D eigenvalue weighted by molar-refractivity contribution is 0.875. The van der Waals surface area contributed by atoms with Crippen LogP contribution in [0.5, 0.6) is 0 Å². The molecular weight excluding hydrogens is 266 g/mol. The molecule has 3 aromatic rings. The summed E-state index contributed by atoms with van der Waals surface area (Å²) in [5, 5.41) is 11.0. The quantitative estimate of drug-likeness (QED) is 0.432. The van der Waals surface area contributed by atoms with Crippen molar-refractivity contribution in [3.8, 4) is 0 Å². The van der Waals surface area contributed by atoms with Crippen LogP contribution in [0.25, 0.3) is 11.0 Å². The molecule has 3 rings (SSSR count). The molecule has 7 heteroatoms. The summed E-state index contributed by atoms with van der Waals surface area (Å²) in [6.45, 7) is 4.15. The summed E-state index contributed by atoms with van der Waals surface area (Å²) in [5.41, 5.74) is 5.51. The van der Waals surface area contributed by atoms with Gasteiger partial charge < -0.3 is 5.32 Å². The molecule has 0 spiro atoms. The van der Waals surface area contributed by atoms with Gasteiger partial charge in [-0.3, -0.25) is 10.5 Å². The van der Waals surface area contributed by atoms with Crippen molar-refractivity contribution >= 4 is 22.8 Å².